The largest absolute Gasteiger partial charge is 0.389 e. The van der Waals surface area contributed by atoms with E-state index in [9.17, 15) is 0 Å². The van der Waals surface area contributed by atoms with Gasteiger partial charge in [-0.05, 0) is 0 Å². The van der Waals surface area contributed by atoms with Crippen LogP contribution in [-0.2, 0) is 9.47 Å². The zero-order chi connectivity index (χ0) is 10.8. The summed E-state index contributed by atoms with van der Waals surface area (Å²) in [6.07, 6.45) is -1.24. The van der Waals surface area contributed by atoms with Crippen LogP contribution in [0, 0.1) is 0 Å². The topological polar surface area (TPSA) is 111 Å². The van der Waals surface area contributed by atoms with Crippen LogP contribution in [0.2, 0.25) is 0 Å². The van der Waals surface area contributed by atoms with Crippen LogP contribution in [0.1, 0.15) is 0 Å². The fourth-order valence-corrected chi connectivity index (χ4v) is 0.693. The molecule has 86 valence electrons. The maximum atomic E-state index is 8.99. The first-order chi connectivity index (χ1) is 6.70. The summed E-state index contributed by atoms with van der Waals surface area (Å²) in [5.41, 5.74) is 10.3. The van der Waals surface area contributed by atoms with E-state index in [0.29, 0.717) is 13.2 Å². The van der Waals surface area contributed by atoms with Gasteiger partial charge in [0.05, 0.1) is 38.6 Å². The van der Waals surface area contributed by atoms with Crippen LogP contribution >= 0.6 is 0 Å². The van der Waals surface area contributed by atoms with E-state index in [-0.39, 0.29) is 26.3 Å². The molecule has 0 aliphatic carbocycles. The van der Waals surface area contributed by atoms with Gasteiger partial charge >= 0.3 is 0 Å². The number of hydrogen-bond acceptors (Lipinski definition) is 6. The Kier molecular flexibility index (Phi) is 9.16. The first kappa shape index (κ1) is 13.8. The van der Waals surface area contributed by atoms with Gasteiger partial charge in [-0.1, -0.05) is 0 Å². The first-order valence-electron chi connectivity index (χ1n) is 4.62. The van der Waals surface area contributed by atoms with E-state index in [4.69, 9.17) is 31.2 Å². The van der Waals surface area contributed by atoms with E-state index in [1.807, 2.05) is 0 Å². The molecule has 2 atom stereocenters. The van der Waals surface area contributed by atoms with Crippen molar-refractivity contribution in [2.24, 2.45) is 11.5 Å². The minimum atomic E-state index is -0.621. The van der Waals surface area contributed by atoms with Gasteiger partial charge in [0.2, 0.25) is 0 Å². The summed E-state index contributed by atoms with van der Waals surface area (Å²) in [5, 5.41) is 18.0. The number of ether oxygens (including phenoxy) is 2. The molecule has 0 spiro atoms. The molecular formula is C8H20N2O4. The highest BCUT2D eigenvalue weighted by atomic mass is 16.5. The lowest BCUT2D eigenvalue weighted by atomic mass is 10.4. The lowest BCUT2D eigenvalue weighted by Crippen LogP contribution is -2.27. The van der Waals surface area contributed by atoms with Crippen LogP contribution in [0.5, 0.6) is 0 Å². The third kappa shape index (κ3) is 8.36. The van der Waals surface area contributed by atoms with Crippen molar-refractivity contribution in [1.82, 2.24) is 0 Å². The second-order valence-electron chi connectivity index (χ2n) is 2.93. The molecule has 0 rings (SSSR count). The molecule has 6 N–H and O–H groups in total. The van der Waals surface area contributed by atoms with Crippen molar-refractivity contribution < 1.29 is 19.7 Å². The van der Waals surface area contributed by atoms with Gasteiger partial charge in [0.1, 0.15) is 0 Å². The Bertz CT molecular complexity index is 112. The van der Waals surface area contributed by atoms with Gasteiger partial charge in [0, 0.05) is 13.1 Å². The molecule has 0 aliphatic rings. The Morgan fingerprint density at radius 2 is 1.21 bits per heavy atom. The molecule has 0 saturated heterocycles. The van der Waals surface area contributed by atoms with Gasteiger partial charge in [-0.2, -0.15) is 0 Å². The van der Waals surface area contributed by atoms with Crippen LogP contribution in [0.25, 0.3) is 0 Å². The summed E-state index contributed by atoms with van der Waals surface area (Å²) in [4.78, 5) is 0. The molecule has 0 saturated carbocycles. The molecule has 0 aromatic heterocycles. The van der Waals surface area contributed by atoms with Crippen LogP contribution < -0.4 is 11.5 Å². The normalized spacial score (nSPS) is 15.4. The zero-order valence-electron chi connectivity index (χ0n) is 8.26. The lowest BCUT2D eigenvalue weighted by molar-refractivity contribution is -0.0133. The Labute approximate surface area is 83.8 Å². The lowest BCUT2D eigenvalue weighted by Gasteiger charge is -2.10. The van der Waals surface area contributed by atoms with Crippen molar-refractivity contribution in [3.05, 3.63) is 0 Å². The number of aliphatic hydroxyl groups is 2. The van der Waals surface area contributed by atoms with Crippen molar-refractivity contribution in [3.63, 3.8) is 0 Å². The van der Waals surface area contributed by atoms with Gasteiger partial charge in [-0.3, -0.25) is 0 Å². The van der Waals surface area contributed by atoms with Crippen molar-refractivity contribution in [1.29, 1.82) is 0 Å². The quantitative estimate of drug-likeness (QED) is 0.316. The molecular weight excluding hydrogens is 188 g/mol. The van der Waals surface area contributed by atoms with Crippen LogP contribution in [0.3, 0.4) is 0 Å². The Morgan fingerprint density at radius 1 is 0.857 bits per heavy atom. The van der Waals surface area contributed by atoms with Gasteiger partial charge < -0.3 is 31.2 Å². The van der Waals surface area contributed by atoms with E-state index in [2.05, 4.69) is 0 Å². The maximum Gasteiger partial charge on any atom is 0.0895 e. The summed E-state index contributed by atoms with van der Waals surface area (Å²) in [6, 6.07) is 0. The smallest absolute Gasteiger partial charge is 0.0895 e. The highest BCUT2D eigenvalue weighted by Crippen LogP contribution is 1.85. The average molecular weight is 208 g/mol. The monoisotopic (exact) mass is 208 g/mol. The van der Waals surface area contributed by atoms with Crippen molar-refractivity contribution in [2.75, 3.05) is 39.5 Å². The predicted molar refractivity (Wildman–Crippen MR) is 51.8 cm³/mol. The Hall–Kier alpha value is -0.240. The summed E-state index contributed by atoms with van der Waals surface area (Å²) in [6.45, 7) is 1.53. The highest BCUT2D eigenvalue weighted by Gasteiger charge is 2.01. The molecule has 0 fully saturated rings. The van der Waals surface area contributed by atoms with Gasteiger partial charge in [-0.25, -0.2) is 0 Å². The molecule has 0 amide bonds. The molecule has 6 heteroatoms. The van der Waals surface area contributed by atoms with Crippen LogP contribution in [-0.4, -0.2) is 61.9 Å². The van der Waals surface area contributed by atoms with E-state index >= 15 is 0 Å². The minimum Gasteiger partial charge on any atom is -0.389 e. The minimum absolute atomic E-state index is 0.187. The highest BCUT2D eigenvalue weighted by molar-refractivity contribution is 4.53. The molecule has 14 heavy (non-hydrogen) atoms. The van der Waals surface area contributed by atoms with Crippen LogP contribution in [0.15, 0.2) is 0 Å². The Balaban J connectivity index is 3.06. The third-order valence-electron chi connectivity index (χ3n) is 1.54. The van der Waals surface area contributed by atoms with Crippen molar-refractivity contribution in [2.45, 2.75) is 12.2 Å². The second kappa shape index (κ2) is 9.32. The summed E-state index contributed by atoms with van der Waals surface area (Å²) >= 11 is 0. The molecule has 0 heterocycles. The molecule has 0 aromatic rings. The fourth-order valence-electron chi connectivity index (χ4n) is 0.693. The van der Waals surface area contributed by atoms with Gasteiger partial charge in [-0.15, -0.1) is 0 Å². The Morgan fingerprint density at radius 3 is 1.50 bits per heavy atom. The zero-order valence-corrected chi connectivity index (χ0v) is 8.26. The van der Waals surface area contributed by atoms with Crippen LogP contribution in [0.4, 0.5) is 0 Å². The van der Waals surface area contributed by atoms with Gasteiger partial charge in [0.25, 0.3) is 0 Å². The average Bonchev–Trinajstić information content (AvgIpc) is 2.22. The molecule has 0 bridgehead atoms. The third-order valence-corrected chi connectivity index (χ3v) is 1.54. The van der Waals surface area contributed by atoms with Gasteiger partial charge in [0.15, 0.2) is 0 Å². The summed E-state index contributed by atoms with van der Waals surface area (Å²) in [5.74, 6) is 0. The number of rotatable bonds is 9. The summed E-state index contributed by atoms with van der Waals surface area (Å²) in [7, 11) is 0. The van der Waals surface area contributed by atoms with E-state index in [1.165, 1.54) is 0 Å². The summed E-state index contributed by atoms with van der Waals surface area (Å²) < 4.78 is 10.1. The predicted octanol–water partition coefficient (Wildman–Crippen LogP) is -2.34. The molecule has 2 unspecified atom stereocenters. The standard InChI is InChI=1S/C8H20N2O4/c9-3-7(11)5-13-1-2-14-6-8(12)4-10/h7-8,11-12H,1-6,9-10H2. The maximum absolute atomic E-state index is 8.99. The molecule has 0 aromatic carbocycles. The van der Waals surface area contributed by atoms with Crippen molar-refractivity contribution in [3.8, 4) is 0 Å². The molecule has 0 radical (unpaired) electrons. The SMILES string of the molecule is NCC(O)COCCOCC(O)CN. The van der Waals surface area contributed by atoms with E-state index < -0.39 is 12.2 Å². The van der Waals surface area contributed by atoms with Crippen molar-refractivity contribution >= 4 is 0 Å². The number of hydrogen-bond donors (Lipinski definition) is 4. The fraction of sp³-hybridized carbons (Fsp3) is 1.00. The second-order valence-corrected chi connectivity index (χ2v) is 2.93. The number of aliphatic hydroxyl groups excluding tert-OH is 2. The molecule has 6 nitrogen and oxygen atoms in total. The molecule has 0 aliphatic heterocycles. The number of nitrogens with two attached hydrogens (primary N) is 2. The van der Waals surface area contributed by atoms with E-state index in [1.54, 1.807) is 0 Å². The first-order valence-corrected chi connectivity index (χ1v) is 4.62. The van der Waals surface area contributed by atoms with E-state index in [0.717, 1.165) is 0 Å².